The van der Waals surface area contributed by atoms with E-state index < -0.39 is 0 Å². The lowest BCUT2D eigenvalue weighted by Gasteiger charge is -2.10. The Morgan fingerprint density at radius 3 is 2.60 bits per heavy atom. The van der Waals surface area contributed by atoms with Crippen molar-refractivity contribution in [3.05, 3.63) is 63.7 Å². The molecule has 0 heterocycles. The van der Waals surface area contributed by atoms with E-state index in [2.05, 4.69) is 11.4 Å². The molecule has 0 aromatic heterocycles. The number of amides is 1. The molecule has 0 atom stereocenters. The molecule has 0 fully saturated rings. The average Bonchev–Trinajstić information content (AvgIpc) is 2.43. The number of nitriles is 1. The third-order valence-electron chi connectivity index (χ3n) is 2.97. The maximum absolute atomic E-state index is 12.2. The van der Waals surface area contributed by atoms with Gasteiger partial charge in [-0.05, 0) is 49.7 Å². The summed E-state index contributed by atoms with van der Waals surface area (Å²) in [5.74, 6) is -0.258. The third-order valence-corrected chi connectivity index (χ3v) is 3.30. The number of hydrogen-bond acceptors (Lipinski definition) is 2. The molecule has 0 saturated heterocycles. The quantitative estimate of drug-likeness (QED) is 0.903. The highest BCUT2D eigenvalue weighted by molar-refractivity contribution is 6.34. The molecule has 0 aliphatic carbocycles. The van der Waals surface area contributed by atoms with Gasteiger partial charge in [-0.1, -0.05) is 23.2 Å². The van der Waals surface area contributed by atoms with Crippen LogP contribution in [0.15, 0.2) is 36.4 Å². The number of carbonyl (C=O) groups excluding carboxylic acids is 1. The van der Waals surface area contributed by atoms with Crippen LogP contribution in [0.2, 0.25) is 5.02 Å². The van der Waals surface area contributed by atoms with E-state index in [1.165, 1.54) is 0 Å². The molecule has 4 heteroatoms. The normalized spacial score (nSPS) is 9.90. The van der Waals surface area contributed by atoms with Crippen molar-refractivity contribution >= 4 is 23.2 Å². The lowest BCUT2D eigenvalue weighted by molar-refractivity contribution is 0.102. The summed E-state index contributed by atoms with van der Waals surface area (Å²) in [4.78, 5) is 12.2. The number of carbonyl (C=O) groups is 1. The summed E-state index contributed by atoms with van der Waals surface area (Å²) in [6.45, 7) is 3.74. The second-order valence-electron chi connectivity index (χ2n) is 4.58. The Labute approximate surface area is 122 Å². The van der Waals surface area contributed by atoms with E-state index in [1.807, 2.05) is 19.9 Å². The number of hydrogen-bond donors (Lipinski definition) is 1. The van der Waals surface area contributed by atoms with Gasteiger partial charge in [0.2, 0.25) is 0 Å². The molecular weight excluding hydrogens is 272 g/mol. The molecular formula is C16H13ClN2O. The summed E-state index contributed by atoms with van der Waals surface area (Å²) >= 11 is 6.04. The van der Waals surface area contributed by atoms with Gasteiger partial charge in [0.1, 0.15) is 0 Å². The van der Waals surface area contributed by atoms with E-state index in [0.29, 0.717) is 21.8 Å². The first-order valence-electron chi connectivity index (χ1n) is 6.09. The van der Waals surface area contributed by atoms with E-state index in [0.717, 1.165) is 11.1 Å². The second-order valence-corrected chi connectivity index (χ2v) is 4.99. The first-order chi connectivity index (χ1) is 9.51. The van der Waals surface area contributed by atoms with Crippen LogP contribution in [0.3, 0.4) is 0 Å². The Morgan fingerprint density at radius 1 is 1.20 bits per heavy atom. The van der Waals surface area contributed by atoms with Crippen molar-refractivity contribution in [2.24, 2.45) is 0 Å². The van der Waals surface area contributed by atoms with Crippen molar-refractivity contribution in [3.63, 3.8) is 0 Å². The number of rotatable bonds is 2. The molecule has 2 aromatic carbocycles. The van der Waals surface area contributed by atoms with Crippen LogP contribution in [0.4, 0.5) is 5.69 Å². The van der Waals surface area contributed by atoms with Gasteiger partial charge in [0.15, 0.2) is 0 Å². The van der Waals surface area contributed by atoms with E-state index in [1.54, 1.807) is 30.3 Å². The van der Waals surface area contributed by atoms with Gasteiger partial charge < -0.3 is 5.32 Å². The molecule has 2 rings (SSSR count). The van der Waals surface area contributed by atoms with Crippen LogP contribution >= 0.6 is 11.6 Å². The van der Waals surface area contributed by atoms with Crippen LogP contribution in [0, 0.1) is 25.2 Å². The SMILES string of the molecule is Cc1ccc(Cl)c(C(=O)Nc2ccc(C#N)cc2C)c1. The van der Waals surface area contributed by atoms with Crippen molar-refractivity contribution < 1.29 is 4.79 Å². The molecule has 20 heavy (non-hydrogen) atoms. The fourth-order valence-corrected chi connectivity index (χ4v) is 2.08. The number of benzene rings is 2. The fraction of sp³-hybridized carbons (Fsp3) is 0.125. The molecule has 1 amide bonds. The highest BCUT2D eigenvalue weighted by Crippen LogP contribution is 2.21. The Hall–Kier alpha value is -2.31. The second kappa shape index (κ2) is 5.77. The largest absolute Gasteiger partial charge is 0.322 e. The Kier molecular flexibility index (Phi) is 4.07. The maximum Gasteiger partial charge on any atom is 0.257 e. The molecule has 0 bridgehead atoms. The number of nitrogens with one attached hydrogen (secondary N) is 1. The van der Waals surface area contributed by atoms with Gasteiger partial charge in [-0.25, -0.2) is 0 Å². The minimum atomic E-state index is -0.258. The molecule has 0 unspecified atom stereocenters. The predicted octanol–water partition coefficient (Wildman–Crippen LogP) is 4.08. The van der Waals surface area contributed by atoms with Crippen LogP contribution in [0.25, 0.3) is 0 Å². The highest BCUT2D eigenvalue weighted by atomic mass is 35.5. The number of halogens is 1. The van der Waals surface area contributed by atoms with Gasteiger partial charge in [0.25, 0.3) is 5.91 Å². The van der Waals surface area contributed by atoms with Crippen LogP contribution in [-0.2, 0) is 0 Å². The first kappa shape index (κ1) is 14.1. The van der Waals surface area contributed by atoms with E-state index in [9.17, 15) is 4.79 Å². The van der Waals surface area contributed by atoms with Gasteiger partial charge >= 0.3 is 0 Å². The van der Waals surface area contributed by atoms with Crippen molar-refractivity contribution in [2.45, 2.75) is 13.8 Å². The van der Waals surface area contributed by atoms with Gasteiger partial charge in [0.05, 0.1) is 22.2 Å². The predicted molar refractivity (Wildman–Crippen MR) is 80.0 cm³/mol. The molecule has 0 radical (unpaired) electrons. The standard InChI is InChI=1S/C16H13ClN2O/c1-10-3-5-14(17)13(7-10)16(20)19-15-6-4-12(9-18)8-11(15)2/h3-8H,1-2H3,(H,19,20). The summed E-state index contributed by atoms with van der Waals surface area (Å²) in [7, 11) is 0. The summed E-state index contributed by atoms with van der Waals surface area (Å²) in [5.41, 5.74) is 3.48. The fourth-order valence-electron chi connectivity index (χ4n) is 1.88. The van der Waals surface area contributed by atoms with E-state index >= 15 is 0 Å². The van der Waals surface area contributed by atoms with E-state index in [4.69, 9.17) is 16.9 Å². The molecule has 0 aliphatic heterocycles. The van der Waals surface area contributed by atoms with Gasteiger partial charge in [-0.15, -0.1) is 0 Å². The topological polar surface area (TPSA) is 52.9 Å². The van der Waals surface area contributed by atoms with Crippen molar-refractivity contribution in [2.75, 3.05) is 5.32 Å². The lowest BCUT2D eigenvalue weighted by Crippen LogP contribution is -2.13. The average molecular weight is 285 g/mol. The van der Waals surface area contributed by atoms with Gasteiger partial charge in [-0.2, -0.15) is 5.26 Å². The summed E-state index contributed by atoms with van der Waals surface area (Å²) in [6, 6.07) is 12.5. The number of nitrogens with zero attached hydrogens (tertiary/aromatic N) is 1. The highest BCUT2D eigenvalue weighted by Gasteiger charge is 2.12. The van der Waals surface area contributed by atoms with Crippen LogP contribution in [0.5, 0.6) is 0 Å². The van der Waals surface area contributed by atoms with E-state index in [-0.39, 0.29) is 5.91 Å². The molecule has 0 spiro atoms. The zero-order valence-electron chi connectivity index (χ0n) is 11.2. The molecule has 100 valence electrons. The molecule has 3 nitrogen and oxygen atoms in total. The minimum Gasteiger partial charge on any atom is -0.322 e. The van der Waals surface area contributed by atoms with Crippen molar-refractivity contribution in [3.8, 4) is 6.07 Å². The Balaban J connectivity index is 2.28. The first-order valence-corrected chi connectivity index (χ1v) is 6.47. The summed E-state index contributed by atoms with van der Waals surface area (Å²) in [6.07, 6.45) is 0. The zero-order valence-corrected chi connectivity index (χ0v) is 12.0. The lowest BCUT2D eigenvalue weighted by atomic mass is 10.1. The Bertz CT molecular complexity index is 717. The zero-order chi connectivity index (χ0) is 14.7. The number of aryl methyl sites for hydroxylation is 2. The molecule has 1 N–H and O–H groups in total. The molecule has 0 saturated carbocycles. The van der Waals surface area contributed by atoms with Gasteiger partial charge in [-0.3, -0.25) is 4.79 Å². The monoisotopic (exact) mass is 284 g/mol. The van der Waals surface area contributed by atoms with Crippen molar-refractivity contribution in [1.29, 1.82) is 5.26 Å². The van der Waals surface area contributed by atoms with Gasteiger partial charge in [0, 0.05) is 5.69 Å². The molecule has 0 aliphatic rings. The smallest absolute Gasteiger partial charge is 0.257 e. The van der Waals surface area contributed by atoms with Crippen molar-refractivity contribution in [1.82, 2.24) is 0 Å². The maximum atomic E-state index is 12.2. The Morgan fingerprint density at radius 2 is 1.95 bits per heavy atom. The van der Waals surface area contributed by atoms with Crippen LogP contribution in [0.1, 0.15) is 27.0 Å². The third kappa shape index (κ3) is 2.98. The summed E-state index contributed by atoms with van der Waals surface area (Å²) < 4.78 is 0. The summed E-state index contributed by atoms with van der Waals surface area (Å²) in [5, 5.41) is 12.1. The molecule has 2 aromatic rings. The minimum absolute atomic E-state index is 0.258. The van der Waals surface area contributed by atoms with Crippen LogP contribution < -0.4 is 5.32 Å². The number of anilines is 1. The van der Waals surface area contributed by atoms with Crippen LogP contribution in [-0.4, -0.2) is 5.91 Å².